The summed E-state index contributed by atoms with van der Waals surface area (Å²) in [6, 6.07) is 6.54. The molecule has 0 saturated carbocycles. The molecular formula is C14H18N2O4. The van der Waals surface area contributed by atoms with Gasteiger partial charge < -0.3 is 20.5 Å². The number of carbonyl (C=O) groups excluding carboxylic acids is 1. The fourth-order valence-corrected chi connectivity index (χ4v) is 1.38. The molecule has 6 heteroatoms. The van der Waals surface area contributed by atoms with E-state index in [0.29, 0.717) is 17.8 Å². The van der Waals surface area contributed by atoms with Gasteiger partial charge in [-0.1, -0.05) is 12.1 Å². The molecule has 20 heavy (non-hydrogen) atoms. The van der Waals surface area contributed by atoms with Crippen LogP contribution in [0, 0.1) is 0 Å². The van der Waals surface area contributed by atoms with Gasteiger partial charge in [0.05, 0.1) is 6.10 Å². The maximum atomic E-state index is 11.6. The number of carboxylic acids is 1. The van der Waals surface area contributed by atoms with Crippen molar-refractivity contribution in [2.75, 3.05) is 19.0 Å². The van der Waals surface area contributed by atoms with Gasteiger partial charge in [-0.25, -0.2) is 9.59 Å². The summed E-state index contributed by atoms with van der Waals surface area (Å²) in [6.45, 7) is 2.25. The second-order valence-corrected chi connectivity index (χ2v) is 4.18. The molecule has 0 radical (unpaired) electrons. The largest absolute Gasteiger partial charge is 0.478 e. The molecule has 3 N–H and O–H groups in total. The standard InChI is InChI=1S/C14H18N2O4/c1-10(20-2)9-15-14(19)16-12-5-3-4-11(8-12)6-7-13(17)18/h3-8,10H,9H2,1-2H3,(H,17,18)(H2,15,16,19)/b7-6+. The normalized spacial score (nSPS) is 12.1. The first kappa shape index (κ1) is 15.7. The Hall–Kier alpha value is -2.34. The highest BCUT2D eigenvalue weighted by Crippen LogP contribution is 2.11. The molecule has 0 spiro atoms. The predicted molar refractivity (Wildman–Crippen MR) is 76.6 cm³/mol. The Labute approximate surface area is 117 Å². The Morgan fingerprint density at radius 3 is 2.85 bits per heavy atom. The first-order valence-electron chi connectivity index (χ1n) is 6.10. The summed E-state index contributed by atoms with van der Waals surface area (Å²) in [7, 11) is 1.57. The number of amides is 2. The molecule has 0 heterocycles. The van der Waals surface area contributed by atoms with Crippen LogP contribution < -0.4 is 10.6 Å². The molecule has 0 saturated heterocycles. The van der Waals surface area contributed by atoms with Crippen LogP contribution in [0.2, 0.25) is 0 Å². The Kier molecular flexibility index (Phi) is 6.25. The van der Waals surface area contributed by atoms with Gasteiger partial charge >= 0.3 is 12.0 Å². The summed E-state index contributed by atoms with van der Waals surface area (Å²) < 4.78 is 5.02. The molecule has 6 nitrogen and oxygen atoms in total. The van der Waals surface area contributed by atoms with Crippen molar-refractivity contribution in [3.8, 4) is 0 Å². The van der Waals surface area contributed by atoms with Crippen LogP contribution in [0.15, 0.2) is 30.3 Å². The van der Waals surface area contributed by atoms with Crippen molar-refractivity contribution in [2.24, 2.45) is 0 Å². The average Bonchev–Trinajstić information content (AvgIpc) is 2.43. The number of rotatable bonds is 6. The Balaban J connectivity index is 2.57. The van der Waals surface area contributed by atoms with Crippen LogP contribution in [-0.4, -0.2) is 36.9 Å². The average molecular weight is 278 g/mol. The van der Waals surface area contributed by atoms with Crippen LogP contribution in [0.4, 0.5) is 10.5 Å². The first-order chi connectivity index (χ1) is 9.51. The zero-order chi connectivity index (χ0) is 15.0. The lowest BCUT2D eigenvalue weighted by molar-refractivity contribution is -0.131. The van der Waals surface area contributed by atoms with E-state index >= 15 is 0 Å². The van der Waals surface area contributed by atoms with Gasteiger partial charge in [-0.05, 0) is 30.7 Å². The molecule has 0 fully saturated rings. The van der Waals surface area contributed by atoms with Crippen molar-refractivity contribution in [2.45, 2.75) is 13.0 Å². The van der Waals surface area contributed by atoms with Crippen molar-refractivity contribution in [3.63, 3.8) is 0 Å². The van der Waals surface area contributed by atoms with Crippen LogP contribution in [0.1, 0.15) is 12.5 Å². The topological polar surface area (TPSA) is 87.7 Å². The van der Waals surface area contributed by atoms with Gasteiger partial charge in [0.15, 0.2) is 0 Å². The molecule has 108 valence electrons. The molecule has 0 aromatic heterocycles. The minimum absolute atomic E-state index is 0.0643. The fourth-order valence-electron chi connectivity index (χ4n) is 1.38. The first-order valence-corrected chi connectivity index (χ1v) is 6.10. The number of hydrogen-bond acceptors (Lipinski definition) is 3. The number of carbonyl (C=O) groups is 2. The third-order valence-electron chi connectivity index (χ3n) is 2.52. The number of benzene rings is 1. The quantitative estimate of drug-likeness (QED) is 0.694. The summed E-state index contributed by atoms with van der Waals surface area (Å²) in [6.07, 6.45) is 2.43. The monoisotopic (exact) mass is 278 g/mol. The minimum atomic E-state index is -1.02. The molecule has 0 aliphatic rings. The number of methoxy groups -OCH3 is 1. The summed E-state index contributed by atoms with van der Waals surface area (Å²) in [4.78, 5) is 22.1. The SMILES string of the molecule is COC(C)CNC(=O)Nc1cccc(/C=C/C(=O)O)c1. The van der Waals surface area contributed by atoms with Crippen molar-refractivity contribution in [3.05, 3.63) is 35.9 Å². The summed E-state index contributed by atoms with van der Waals surface area (Å²) in [5, 5.41) is 13.9. The van der Waals surface area contributed by atoms with Crippen molar-refractivity contribution < 1.29 is 19.4 Å². The fraction of sp³-hybridized carbons (Fsp3) is 0.286. The Morgan fingerprint density at radius 2 is 2.20 bits per heavy atom. The lowest BCUT2D eigenvalue weighted by atomic mass is 10.2. The maximum absolute atomic E-state index is 11.6. The third-order valence-corrected chi connectivity index (χ3v) is 2.52. The molecule has 0 aliphatic heterocycles. The van der Waals surface area contributed by atoms with E-state index in [2.05, 4.69) is 10.6 Å². The Morgan fingerprint density at radius 1 is 1.45 bits per heavy atom. The number of nitrogens with one attached hydrogen (secondary N) is 2. The van der Waals surface area contributed by atoms with Crippen molar-refractivity contribution in [1.29, 1.82) is 0 Å². The van der Waals surface area contributed by atoms with E-state index in [-0.39, 0.29) is 12.1 Å². The van der Waals surface area contributed by atoms with E-state index < -0.39 is 5.97 Å². The van der Waals surface area contributed by atoms with Gasteiger partial charge in [0.25, 0.3) is 0 Å². The van der Waals surface area contributed by atoms with E-state index in [1.54, 1.807) is 31.4 Å². The highest BCUT2D eigenvalue weighted by atomic mass is 16.5. The number of anilines is 1. The van der Waals surface area contributed by atoms with E-state index in [4.69, 9.17) is 9.84 Å². The molecule has 1 aromatic rings. The van der Waals surface area contributed by atoms with Crippen LogP contribution >= 0.6 is 0 Å². The zero-order valence-electron chi connectivity index (χ0n) is 11.4. The number of hydrogen-bond donors (Lipinski definition) is 3. The third kappa shape index (κ3) is 6.01. The highest BCUT2D eigenvalue weighted by molar-refractivity contribution is 5.90. The number of aliphatic carboxylic acids is 1. The number of ether oxygens (including phenoxy) is 1. The molecule has 1 aromatic carbocycles. The maximum Gasteiger partial charge on any atom is 0.328 e. The van der Waals surface area contributed by atoms with Crippen LogP contribution in [-0.2, 0) is 9.53 Å². The zero-order valence-corrected chi connectivity index (χ0v) is 11.4. The number of carboxylic acid groups (broad SMARTS) is 1. The van der Waals surface area contributed by atoms with E-state index in [1.807, 2.05) is 6.92 Å². The Bertz CT molecular complexity index is 500. The summed E-state index contributed by atoms with van der Waals surface area (Å²) in [5.74, 6) is -1.02. The van der Waals surface area contributed by atoms with Gasteiger partial charge in [0, 0.05) is 25.4 Å². The van der Waals surface area contributed by atoms with E-state index in [9.17, 15) is 9.59 Å². The van der Waals surface area contributed by atoms with Gasteiger partial charge in [0.2, 0.25) is 0 Å². The molecule has 1 unspecified atom stereocenters. The summed E-state index contributed by atoms with van der Waals surface area (Å²) >= 11 is 0. The lowest BCUT2D eigenvalue weighted by Gasteiger charge is -2.11. The van der Waals surface area contributed by atoms with Crippen LogP contribution in [0.5, 0.6) is 0 Å². The predicted octanol–water partition coefficient (Wildman–Crippen LogP) is 1.94. The van der Waals surface area contributed by atoms with Gasteiger partial charge in [-0.3, -0.25) is 0 Å². The summed E-state index contributed by atoms with van der Waals surface area (Å²) in [5.41, 5.74) is 1.27. The smallest absolute Gasteiger partial charge is 0.328 e. The second-order valence-electron chi connectivity index (χ2n) is 4.18. The molecule has 1 rings (SSSR count). The van der Waals surface area contributed by atoms with Crippen molar-refractivity contribution >= 4 is 23.8 Å². The van der Waals surface area contributed by atoms with Gasteiger partial charge in [-0.2, -0.15) is 0 Å². The van der Waals surface area contributed by atoms with E-state index in [1.165, 1.54) is 6.08 Å². The van der Waals surface area contributed by atoms with Crippen molar-refractivity contribution in [1.82, 2.24) is 5.32 Å². The van der Waals surface area contributed by atoms with Crippen LogP contribution in [0.3, 0.4) is 0 Å². The number of urea groups is 1. The molecular weight excluding hydrogens is 260 g/mol. The lowest BCUT2D eigenvalue weighted by Crippen LogP contribution is -2.34. The molecule has 2 amide bonds. The van der Waals surface area contributed by atoms with Gasteiger partial charge in [-0.15, -0.1) is 0 Å². The van der Waals surface area contributed by atoms with Crippen LogP contribution in [0.25, 0.3) is 6.08 Å². The van der Waals surface area contributed by atoms with E-state index in [0.717, 1.165) is 6.08 Å². The minimum Gasteiger partial charge on any atom is -0.478 e. The second kappa shape index (κ2) is 7.96. The van der Waals surface area contributed by atoms with Gasteiger partial charge in [0.1, 0.15) is 0 Å². The highest BCUT2D eigenvalue weighted by Gasteiger charge is 2.04. The molecule has 0 aliphatic carbocycles. The molecule has 1 atom stereocenters. The molecule has 0 bridgehead atoms.